The monoisotopic (exact) mass is 279 g/mol. The van der Waals surface area contributed by atoms with Crippen LogP contribution in [-0.2, 0) is 4.79 Å². The van der Waals surface area contributed by atoms with E-state index in [1.54, 1.807) is 20.3 Å². The van der Waals surface area contributed by atoms with Crippen LogP contribution in [0.25, 0.3) is 0 Å². The van der Waals surface area contributed by atoms with Gasteiger partial charge in [0.25, 0.3) is 0 Å². The highest BCUT2D eigenvalue weighted by Gasteiger charge is 2.21. The fourth-order valence-corrected chi connectivity index (χ4v) is 2.33. The number of methoxy groups -OCH3 is 2. The van der Waals surface area contributed by atoms with Crippen molar-refractivity contribution in [2.75, 3.05) is 14.2 Å². The van der Waals surface area contributed by atoms with Gasteiger partial charge in [0.05, 0.1) is 20.1 Å². The van der Waals surface area contributed by atoms with E-state index in [2.05, 4.69) is 6.92 Å². The summed E-state index contributed by atoms with van der Waals surface area (Å²) in [6.07, 6.45) is 5.24. The van der Waals surface area contributed by atoms with E-state index in [1.165, 1.54) is 12.8 Å². The summed E-state index contributed by atoms with van der Waals surface area (Å²) in [5, 5.41) is 0. The number of nitrogens with two attached hydrogens (primary N) is 1. The molecule has 20 heavy (non-hydrogen) atoms. The van der Waals surface area contributed by atoms with E-state index < -0.39 is 0 Å². The molecule has 0 aliphatic rings. The second-order valence-electron chi connectivity index (χ2n) is 4.91. The van der Waals surface area contributed by atoms with Crippen LogP contribution in [0.15, 0.2) is 18.2 Å². The lowest BCUT2D eigenvalue weighted by atomic mass is 9.91. The van der Waals surface area contributed by atoms with Crippen molar-refractivity contribution in [2.24, 2.45) is 5.73 Å². The van der Waals surface area contributed by atoms with Crippen molar-refractivity contribution in [2.45, 2.75) is 44.9 Å². The average molecular weight is 279 g/mol. The largest absolute Gasteiger partial charge is 0.497 e. The minimum atomic E-state index is -0.301. The predicted octanol–water partition coefficient (Wildman–Crippen LogP) is 3.24. The highest BCUT2D eigenvalue weighted by molar-refractivity contribution is 5.82. The Hall–Kier alpha value is -1.71. The zero-order valence-electron chi connectivity index (χ0n) is 12.6. The lowest BCUT2D eigenvalue weighted by molar-refractivity contribution is -0.119. The molecular formula is C16H25NO3. The van der Waals surface area contributed by atoms with Crippen LogP contribution in [0.5, 0.6) is 11.5 Å². The molecule has 0 fully saturated rings. The van der Waals surface area contributed by atoms with Crippen LogP contribution >= 0.6 is 0 Å². The second-order valence-corrected chi connectivity index (χ2v) is 4.91. The Balaban J connectivity index is 2.88. The van der Waals surface area contributed by atoms with Gasteiger partial charge in [-0.15, -0.1) is 0 Å². The molecule has 1 atom stereocenters. The summed E-state index contributed by atoms with van der Waals surface area (Å²) in [6, 6.07) is 5.49. The van der Waals surface area contributed by atoms with Crippen molar-refractivity contribution in [1.29, 1.82) is 0 Å². The number of ether oxygens (including phenoxy) is 2. The van der Waals surface area contributed by atoms with Gasteiger partial charge in [0.2, 0.25) is 5.91 Å². The normalized spacial score (nSPS) is 11.9. The van der Waals surface area contributed by atoms with Gasteiger partial charge in [-0.05, 0) is 12.5 Å². The zero-order valence-corrected chi connectivity index (χ0v) is 12.6. The smallest absolute Gasteiger partial charge is 0.225 e. The highest BCUT2D eigenvalue weighted by atomic mass is 16.5. The van der Waals surface area contributed by atoms with Gasteiger partial charge in [0.15, 0.2) is 0 Å². The summed E-state index contributed by atoms with van der Waals surface area (Å²) in [4.78, 5) is 11.7. The van der Waals surface area contributed by atoms with Gasteiger partial charge in [0.1, 0.15) is 11.5 Å². The maximum atomic E-state index is 11.7. The maximum Gasteiger partial charge on any atom is 0.225 e. The summed E-state index contributed by atoms with van der Waals surface area (Å²) in [5.41, 5.74) is 6.40. The van der Waals surface area contributed by atoms with Crippen LogP contribution < -0.4 is 15.2 Å². The molecule has 1 aromatic carbocycles. The molecule has 0 aromatic heterocycles. The predicted molar refractivity (Wildman–Crippen MR) is 80.2 cm³/mol. The molecule has 1 aromatic rings. The van der Waals surface area contributed by atoms with E-state index in [1.807, 2.05) is 12.1 Å². The molecule has 1 rings (SSSR count). The lowest BCUT2D eigenvalue weighted by Gasteiger charge is -2.17. The van der Waals surface area contributed by atoms with Crippen molar-refractivity contribution >= 4 is 5.91 Å². The topological polar surface area (TPSA) is 61.6 Å². The Labute approximate surface area is 121 Å². The number of carbonyl (C=O) groups excluding carboxylic acids is 1. The molecule has 112 valence electrons. The number of carbonyl (C=O) groups is 1. The number of primary amides is 1. The Morgan fingerprint density at radius 2 is 1.95 bits per heavy atom. The van der Waals surface area contributed by atoms with Crippen molar-refractivity contribution in [3.8, 4) is 11.5 Å². The fraction of sp³-hybridized carbons (Fsp3) is 0.562. The van der Waals surface area contributed by atoms with Gasteiger partial charge in [-0.1, -0.05) is 38.7 Å². The van der Waals surface area contributed by atoms with Crippen LogP contribution in [0.1, 0.15) is 50.5 Å². The third-order valence-electron chi connectivity index (χ3n) is 3.51. The van der Waals surface area contributed by atoms with E-state index in [0.717, 1.165) is 24.8 Å². The van der Waals surface area contributed by atoms with Gasteiger partial charge < -0.3 is 15.2 Å². The molecule has 1 unspecified atom stereocenters. The standard InChI is InChI=1S/C16H25NO3/c1-4-5-6-7-8-14(16(17)18)13-10-9-12(19-2)11-15(13)20-3/h9-11,14H,4-8H2,1-3H3,(H2,17,18). The van der Waals surface area contributed by atoms with Gasteiger partial charge in [-0.3, -0.25) is 4.79 Å². The average Bonchev–Trinajstić information content (AvgIpc) is 2.46. The lowest BCUT2D eigenvalue weighted by Crippen LogP contribution is -2.22. The van der Waals surface area contributed by atoms with Gasteiger partial charge in [-0.25, -0.2) is 0 Å². The minimum Gasteiger partial charge on any atom is -0.497 e. The van der Waals surface area contributed by atoms with Crippen LogP contribution in [0.2, 0.25) is 0 Å². The molecule has 0 saturated carbocycles. The third kappa shape index (κ3) is 4.44. The van der Waals surface area contributed by atoms with E-state index in [-0.39, 0.29) is 11.8 Å². The molecule has 0 spiro atoms. The van der Waals surface area contributed by atoms with Gasteiger partial charge >= 0.3 is 0 Å². The molecule has 0 heterocycles. The van der Waals surface area contributed by atoms with E-state index in [0.29, 0.717) is 11.5 Å². The van der Waals surface area contributed by atoms with Crippen molar-refractivity contribution in [3.05, 3.63) is 23.8 Å². The first-order valence-corrected chi connectivity index (χ1v) is 7.15. The molecule has 4 nitrogen and oxygen atoms in total. The number of hydrogen-bond donors (Lipinski definition) is 1. The van der Waals surface area contributed by atoms with Crippen molar-refractivity contribution in [1.82, 2.24) is 0 Å². The van der Waals surface area contributed by atoms with Crippen LogP contribution in [0.3, 0.4) is 0 Å². The highest BCUT2D eigenvalue weighted by Crippen LogP contribution is 2.33. The molecular weight excluding hydrogens is 254 g/mol. The number of rotatable bonds is 9. The van der Waals surface area contributed by atoms with Crippen LogP contribution in [0, 0.1) is 0 Å². The minimum absolute atomic E-state index is 0.298. The van der Waals surface area contributed by atoms with Crippen molar-refractivity contribution < 1.29 is 14.3 Å². The SMILES string of the molecule is CCCCCCC(C(N)=O)c1ccc(OC)cc1OC. The van der Waals surface area contributed by atoms with Crippen molar-refractivity contribution in [3.63, 3.8) is 0 Å². The summed E-state index contributed by atoms with van der Waals surface area (Å²) in [6.45, 7) is 2.16. The zero-order chi connectivity index (χ0) is 15.0. The number of unbranched alkanes of at least 4 members (excludes halogenated alkanes) is 3. The van der Waals surface area contributed by atoms with E-state index in [9.17, 15) is 4.79 Å². The van der Waals surface area contributed by atoms with Crippen LogP contribution in [-0.4, -0.2) is 20.1 Å². The summed E-state index contributed by atoms with van der Waals surface area (Å²) < 4.78 is 10.5. The molecule has 2 N–H and O–H groups in total. The van der Waals surface area contributed by atoms with Crippen LogP contribution in [0.4, 0.5) is 0 Å². The Morgan fingerprint density at radius 1 is 1.20 bits per heavy atom. The summed E-state index contributed by atoms with van der Waals surface area (Å²) in [5.74, 6) is 0.765. The molecule has 4 heteroatoms. The third-order valence-corrected chi connectivity index (χ3v) is 3.51. The fourth-order valence-electron chi connectivity index (χ4n) is 2.33. The Morgan fingerprint density at radius 3 is 2.50 bits per heavy atom. The van der Waals surface area contributed by atoms with Gasteiger partial charge in [-0.2, -0.15) is 0 Å². The van der Waals surface area contributed by atoms with E-state index in [4.69, 9.17) is 15.2 Å². The number of benzene rings is 1. The molecule has 0 aliphatic carbocycles. The number of hydrogen-bond acceptors (Lipinski definition) is 3. The first kappa shape index (κ1) is 16.3. The van der Waals surface area contributed by atoms with E-state index >= 15 is 0 Å². The summed E-state index contributed by atoms with van der Waals surface area (Å²) in [7, 11) is 3.19. The molecule has 0 radical (unpaired) electrons. The second kappa shape index (κ2) is 8.46. The first-order valence-electron chi connectivity index (χ1n) is 7.15. The first-order chi connectivity index (χ1) is 9.63. The molecule has 0 bridgehead atoms. The number of amides is 1. The molecule has 0 saturated heterocycles. The Kier molecular flexibility index (Phi) is 6.91. The molecule has 1 amide bonds. The maximum absolute atomic E-state index is 11.7. The Bertz CT molecular complexity index is 432. The summed E-state index contributed by atoms with van der Waals surface area (Å²) >= 11 is 0. The molecule has 0 aliphatic heterocycles. The van der Waals surface area contributed by atoms with Gasteiger partial charge in [0, 0.05) is 11.6 Å². The quantitative estimate of drug-likeness (QED) is 0.706.